The van der Waals surface area contributed by atoms with E-state index >= 15 is 0 Å². The molecule has 1 amide bonds. The number of hydrogen-bond acceptors (Lipinski definition) is 8. The summed E-state index contributed by atoms with van der Waals surface area (Å²) in [4.78, 5) is 17.8. The number of nitrogens with zero attached hydrogens (tertiary/aromatic N) is 4. The Labute approximate surface area is 225 Å². The van der Waals surface area contributed by atoms with Crippen molar-refractivity contribution in [1.82, 2.24) is 15.2 Å². The Morgan fingerprint density at radius 1 is 1.24 bits per heavy atom. The van der Waals surface area contributed by atoms with Crippen LogP contribution in [0.25, 0.3) is 0 Å². The van der Waals surface area contributed by atoms with Crippen LogP contribution in [0.4, 0.5) is 5.69 Å². The van der Waals surface area contributed by atoms with Crippen LogP contribution in [0.1, 0.15) is 46.9 Å². The Morgan fingerprint density at radius 2 is 2.03 bits per heavy atom. The number of likely N-dealkylation sites (N-methyl/N-ethyl adjacent to an activating group) is 1. The minimum absolute atomic E-state index is 0.0247. The summed E-state index contributed by atoms with van der Waals surface area (Å²) in [5.41, 5.74) is 4.32. The number of methoxy groups -OCH3 is 1. The highest BCUT2D eigenvalue weighted by atomic mass is 16.5. The molecule has 2 aliphatic heterocycles. The van der Waals surface area contributed by atoms with Crippen molar-refractivity contribution in [2.45, 2.75) is 38.3 Å². The Morgan fingerprint density at radius 3 is 2.68 bits per heavy atom. The van der Waals surface area contributed by atoms with Crippen LogP contribution in [0, 0.1) is 6.92 Å². The van der Waals surface area contributed by atoms with E-state index in [1.165, 1.54) is 0 Å². The summed E-state index contributed by atoms with van der Waals surface area (Å²) in [6, 6.07) is 11.8. The molecule has 0 radical (unpaired) electrons. The second-order valence-electron chi connectivity index (χ2n) is 10.7. The molecule has 2 aliphatic rings. The van der Waals surface area contributed by atoms with Crippen molar-refractivity contribution in [3.63, 3.8) is 0 Å². The predicted octanol–water partition coefficient (Wildman–Crippen LogP) is 2.16. The highest BCUT2D eigenvalue weighted by Gasteiger charge is 2.32. The van der Waals surface area contributed by atoms with Crippen molar-refractivity contribution in [1.29, 1.82) is 0 Å². The van der Waals surface area contributed by atoms with E-state index < -0.39 is 0 Å². The maximum absolute atomic E-state index is 13.5. The van der Waals surface area contributed by atoms with Gasteiger partial charge in [0.1, 0.15) is 5.75 Å². The van der Waals surface area contributed by atoms with Gasteiger partial charge in [0.25, 0.3) is 5.91 Å². The molecular formula is C29H41N5O4. The van der Waals surface area contributed by atoms with Gasteiger partial charge in [-0.2, -0.15) is 5.10 Å². The van der Waals surface area contributed by atoms with Crippen molar-refractivity contribution in [3.05, 3.63) is 58.7 Å². The highest BCUT2D eigenvalue weighted by molar-refractivity contribution is 5.97. The molecule has 2 unspecified atom stereocenters. The summed E-state index contributed by atoms with van der Waals surface area (Å²) in [6.07, 6.45) is 1.97. The van der Waals surface area contributed by atoms with E-state index in [1.807, 2.05) is 62.5 Å². The van der Waals surface area contributed by atoms with Gasteiger partial charge in [0, 0.05) is 56.1 Å². The largest absolute Gasteiger partial charge is 0.497 e. The number of anilines is 1. The van der Waals surface area contributed by atoms with Gasteiger partial charge in [0.2, 0.25) is 0 Å². The van der Waals surface area contributed by atoms with Crippen LogP contribution in [0.3, 0.4) is 0 Å². The first-order valence-corrected chi connectivity index (χ1v) is 13.3. The maximum Gasteiger partial charge on any atom is 0.252 e. The van der Waals surface area contributed by atoms with Gasteiger partial charge >= 0.3 is 0 Å². The molecule has 1 fully saturated rings. The molecule has 0 saturated carbocycles. The minimum atomic E-state index is -0.236. The number of nitrogens with one attached hydrogen (secondary N) is 1. The number of ether oxygens (including phenoxy) is 1. The molecule has 0 spiro atoms. The molecule has 206 valence electrons. The van der Waals surface area contributed by atoms with Crippen LogP contribution in [0.5, 0.6) is 5.75 Å². The number of piperazine rings is 1. The van der Waals surface area contributed by atoms with E-state index in [4.69, 9.17) is 4.74 Å². The molecule has 0 aliphatic carbocycles. The molecule has 0 aromatic heterocycles. The fourth-order valence-electron chi connectivity index (χ4n) is 5.40. The van der Waals surface area contributed by atoms with Crippen molar-refractivity contribution >= 4 is 17.8 Å². The molecule has 38 heavy (non-hydrogen) atoms. The van der Waals surface area contributed by atoms with Crippen molar-refractivity contribution in [3.8, 4) is 5.75 Å². The zero-order chi connectivity index (χ0) is 27.4. The van der Waals surface area contributed by atoms with E-state index in [9.17, 15) is 15.0 Å². The lowest BCUT2D eigenvalue weighted by molar-refractivity contribution is 0.0917. The molecule has 2 aromatic carbocycles. The molecule has 2 aromatic rings. The first-order valence-electron chi connectivity index (χ1n) is 13.3. The third kappa shape index (κ3) is 5.95. The third-order valence-corrected chi connectivity index (χ3v) is 7.80. The number of aliphatic hydroxyl groups is 2. The van der Waals surface area contributed by atoms with Gasteiger partial charge in [0.15, 0.2) is 0 Å². The Hall–Kier alpha value is -3.14. The van der Waals surface area contributed by atoms with Gasteiger partial charge in [-0.3, -0.25) is 14.7 Å². The van der Waals surface area contributed by atoms with Gasteiger partial charge in [0.05, 0.1) is 39.0 Å². The molecule has 1 saturated heterocycles. The van der Waals surface area contributed by atoms with Crippen LogP contribution >= 0.6 is 0 Å². The average Bonchev–Trinajstić information content (AvgIpc) is 3.28. The maximum atomic E-state index is 13.5. The summed E-state index contributed by atoms with van der Waals surface area (Å²) >= 11 is 0. The topological polar surface area (TPSA) is 101 Å². The van der Waals surface area contributed by atoms with E-state index in [2.05, 4.69) is 33.2 Å². The zero-order valence-corrected chi connectivity index (χ0v) is 23.1. The van der Waals surface area contributed by atoms with Gasteiger partial charge < -0.3 is 25.2 Å². The van der Waals surface area contributed by atoms with Crippen molar-refractivity contribution in [2.24, 2.45) is 5.10 Å². The van der Waals surface area contributed by atoms with E-state index in [-0.39, 0.29) is 36.6 Å². The summed E-state index contributed by atoms with van der Waals surface area (Å²) < 4.78 is 5.60. The van der Waals surface area contributed by atoms with E-state index in [1.54, 1.807) is 7.11 Å². The normalized spacial score (nSPS) is 22.6. The van der Waals surface area contributed by atoms with Crippen LogP contribution in [-0.2, 0) is 5.41 Å². The van der Waals surface area contributed by atoms with Crippen LogP contribution < -0.4 is 15.0 Å². The molecule has 4 rings (SSSR count). The van der Waals surface area contributed by atoms with Gasteiger partial charge in [-0.15, -0.1) is 0 Å². The first kappa shape index (κ1) is 27.9. The number of β-amino-alcohol motifs (C(OH)–C–C–N with tert-alkyl or cyclic N) is 1. The second kappa shape index (κ2) is 11.7. The predicted molar refractivity (Wildman–Crippen MR) is 150 cm³/mol. The monoisotopic (exact) mass is 523 g/mol. The lowest BCUT2D eigenvalue weighted by atomic mass is 9.82. The summed E-state index contributed by atoms with van der Waals surface area (Å²) in [7, 11) is 3.62. The molecular weight excluding hydrogens is 482 g/mol. The minimum Gasteiger partial charge on any atom is -0.497 e. The average molecular weight is 524 g/mol. The molecule has 9 heteroatoms. The highest BCUT2D eigenvalue weighted by Crippen LogP contribution is 2.33. The molecule has 9 nitrogen and oxygen atoms in total. The Kier molecular flexibility index (Phi) is 8.60. The fraction of sp³-hybridized carbons (Fsp3) is 0.517. The van der Waals surface area contributed by atoms with Gasteiger partial charge in [-0.1, -0.05) is 12.1 Å². The molecule has 0 bridgehead atoms. The number of benzene rings is 2. The smallest absolute Gasteiger partial charge is 0.252 e. The Balaban J connectivity index is 1.52. The second-order valence-corrected chi connectivity index (χ2v) is 10.7. The number of rotatable bonds is 9. The van der Waals surface area contributed by atoms with E-state index in [0.717, 1.165) is 47.8 Å². The lowest BCUT2D eigenvalue weighted by Crippen LogP contribution is -2.55. The van der Waals surface area contributed by atoms with Crippen molar-refractivity contribution in [2.75, 3.05) is 65.0 Å². The third-order valence-electron chi connectivity index (χ3n) is 7.80. The first-order chi connectivity index (χ1) is 18.2. The zero-order valence-electron chi connectivity index (χ0n) is 23.1. The molecule has 3 N–H and O–H groups in total. The van der Waals surface area contributed by atoms with Crippen LogP contribution in [0.15, 0.2) is 41.5 Å². The van der Waals surface area contributed by atoms with Crippen molar-refractivity contribution < 1.29 is 19.7 Å². The number of hydrogen-bond donors (Lipinski definition) is 3. The molecule has 3 atom stereocenters. The SMILES string of the molecule is COc1cc([C@@H](C)NC(=O)c2cc(N3CCN(CCO)C(CO)C3)ccc2C)cc(C2(C)C=NN(C)C2)c1. The summed E-state index contributed by atoms with van der Waals surface area (Å²) in [5.74, 6) is 0.618. The van der Waals surface area contributed by atoms with Crippen LogP contribution in [-0.4, -0.2) is 98.4 Å². The van der Waals surface area contributed by atoms with Gasteiger partial charge in [-0.05, 0) is 61.7 Å². The standard InChI is InChI=1S/C29H41N5O4/c1-20-6-7-24(34-9-8-33(10-11-35)25(16-34)17-36)15-27(20)28(37)31-21(2)22-12-23(14-26(13-22)38-5)29(3)18-30-32(4)19-29/h6-7,12-15,18,21,25,35-36H,8-11,16-17,19H2,1-5H3,(H,31,37)/t21-,25?,29?/m1/s1. The number of aliphatic hydroxyl groups excluding tert-OH is 2. The quantitative estimate of drug-likeness (QED) is 0.463. The number of amides is 1. The molecule has 2 heterocycles. The number of hydrazone groups is 1. The number of aryl methyl sites for hydroxylation is 1. The van der Waals surface area contributed by atoms with Gasteiger partial charge in [-0.25, -0.2) is 0 Å². The summed E-state index contributed by atoms with van der Waals surface area (Å²) in [5, 5.41) is 28.7. The fourth-order valence-corrected chi connectivity index (χ4v) is 5.40. The van der Waals surface area contributed by atoms with E-state index in [0.29, 0.717) is 18.7 Å². The number of carbonyl (C=O) groups is 1. The van der Waals surface area contributed by atoms with Crippen LogP contribution in [0.2, 0.25) is 0 Å². The number of carbonyl (C=O) groups excluding carboxylic acids is 1. The summed E-state index contributed by atoms with van der Waals surface area (Å²) in [6.45, 7) is 9.65. The lowest BCUT2D eigenvalue weighted by Gasteiger charge is -2.41. The Bertz CT molecular complexity index is 1170.